The fourth-order valence-electron chi connectivity index (χ4n) is 0.318. The highest BCUT2D eigenvalue weighted by atomic mass is 32.1. The number of hydrogen-bond acceptors (Lipinski definition) is 4. The molecule has 0 N–H and O–H groups in total. The first-order chi connectivity index (χ1) is 3.80. The number of thiol groups is 1. The van der Waals surface area contributed by atoms with E-state index in [1.807, 2.05) is 6.92 Å². The maximum atomic E-state index is 4.03. The molecule has 42 valence electrons. The molecule has 3 nitrogen and oxygen atoms in total. The smallest absolute Gasteiger partial charge is 0.0767 e. The van der Waals surface area contributed by atoms with Crippen LogP contribution in [-0.4, -0.2) is 15.4 Å². The Hall–Kier alpha value is -0.640. The molecular weight excluding hydrogens is 122 g/mol. The number of hydrogen-bond donors (Lipinski definition) is 1. The highest BCUT2D eigenvalue weighted by Gasteiger charge is 1.89. The zero-order valence-electron chi connectivity index (χ0n) is 4.37. The lowest BCUT2D eigenvalue weighted by Crippen LogP contribution is -1.89. The van der Waals surface area contributed by atoms with Gasteiger partial charge in [-0.2, -0.15) is 0 Å². The van der Waals surface area contributed by atoms with Crippen LogP contribution in [0, 0.1) is 6.92 Å². The minimum atomic E-state index is 0.778. The molecule has 1 heterocycles. The average molecular weight is 127 g/mol. The normalized spacial score (nSPS) is 9.25. The predicted octanol–water partition coefficient (Wildman–Crippen LogP) is 0.469. The maximum absolute atomic E-state index is 4.03. The van der Waals surface area contributed by atoms with Crippen molar-refractivity contribution in [3.05, 3.63) is 11.9 Å². The lowest BCUT2D eigenvalue weighted by Gasteiger charge is -1.88. The van der Waals surface area contributed by atoms with Gasteiger partial charge in [-0.05, 0) is 12.1 Å². The van der Waals surface area contributed by atoms with E-state index in [0.717, 1.165) is 10.6 Å². The van der Waals surface area contributed by atoms with E-state index in [1.165, 1.54) is 0 Å². The SMILES string of the molecule is Cc1nnncc1S. The monoisotopic (exact) mass is 127 g/mol. The topological polar surface area (TPSA) is 38.7 Å². The summed E-state index contributed by atoms with van der Waals surface area (Å²) in [6.07, 6.45) is 1.56. The van der Waals surface area contributed by atoms with Crippen molar-refractivity contribution in [2.24, 2.45) is 0 Å². The third kappa shape index (κ3) is 0.949. The molecule has 0 saturated heterocycles. The largest absolute Gasteiger partial charge is 0.140 e. The van der Waals surface area contributed by atoms with Crippen LogP contribution in [-0.2, 0) is 0 Å². The van der Waals surface area contributed by atoms with Crippen molar-refractivity contribution in [2.75, 3.05) is 0 Å². The van der Waals surface area contributed by atoms with Gasteiger partial charge in [-0.3, -0.25) is 0 Å². The van der Waals surface area contributed by atoms with E-state index in [9.17, 15) is 0 Å². The molecular formula is C4H5N3S. The number of aryl methyl sites for hydroxylation is 1. The Labute approximate surface area is 52.5 Å². The van der Waals surface area contributed by atoms with Crippen molar-refractivity contribution in [2.45, 2.75) is 11.8 Å². The van der Waals surface area contributed by atoms with Gasteiger partial charge >= 0.3 is 0 Å². The first-order valence-electron chi connectivity index (χ1n) is 2.14. The molecule has 4 heteroatoms. The van der Waals surface area contributed by atoms with Gasteiger partial charge in [0.15, 0.2) is 0 Å². The molecule has 0 radical (unpaired) electrons. The Morgan fingerprint density at radius 2 is 2.38 bits per heavy atom. The Balaban J connectivity index is 3.13. The molecule has 0 amide bonds. The van der Waals surface area contributed by atoms with Crippen LogP contribution in [0.25, 0.3) is 0 Å². The van der Waals surface area contributed by atoms with Gasteiger partial charge < -0.3 is 0 Å². The second kappa shape index (κ2) is 2.09. The summed E-state index contributed by atoms with van der Waals surface area (Å²) in [5.74, 6) is 0. The molecule has 1 aromatic rings. The minimum absolute atomic E-state index is 0.778. The van der Waals surface area contributed by atoms with E-state index in [-0.39, 0.29) is 0 Å². The molecule has 0 aliphatic rings. The van der Waals surface area contributed by atoms with Crippen LogP contribution in [0.1, 0.15) is 5.69 Å². The van der Waals surface area contributed by atoms with E-state index in [0.29, 0.717) is 0 Å². The lowest BCUT2D eigenvalue weighted by atomic mass is 10.5. The molecule has 0 bridgehead atoms. The van der Waals surface area contributed by atoms with Gasteiger partial charge in [-0.15, -0.1) is 22.8 Å². The van der Waals surface area contributed by atoms with E-state index < -0.39 is 0 Å². The second-order valence-electron chi connectivity index (χ2n) is 1.40. The first-order valence-corrected chi connectivity index (χ1v) is 2.59. The van der Waals surface area contributed by atoms with Crippen LogP contribution in [0.15, 0.2) is 11.1 Å². The number of nitrogens with zero attached hydrogens (tertiary/aromatic N) is 3. The van der Waals surface area contributed by atoms with Crippen molar-refractivity contribution < 1.29 is 0 Å². The summed E-state index contributed by atoms with van der Waals surface area (Å²) in [6, 6.07) is 0. The zero-order valence-corrected chi connectivity index (χ0v) is 5.26. The van der Waals surface area contributed by atoms with Gasteiger partial charge in [0.25, 0.3) is 0 Å². The van der Waals surface area contributed by atoms with Crippen LogP contribution < -0.4 is 0 Å². The van der Waals surface area contributed by atoms with Gasteiger partial charge in [0, 0.05) is 4.90 Å². The lowest BCUT2D eigenvalue weighted by molar-refractivity contribution is 0.808. The van der Waals surface area contributed by atoms with E-state index in [2.05, 4.69) is 28.0 Å². The van der Waals surface area contributed by atoms with Crippen molar-refractivity contribution in [1.29, 1.82) is 0 Å². The van der Waals surface area contributed by atoms with Gasteiger partial charge in [-0.25, -0.2) is 0 Å². The summed E-state index contributed by atoms with van der Waals surface area (Å²) >= 11 is 4.03. The van der Waals surface area contributed by atoms with Crippen LogP contribution in [0.2, 0.25) is 0 Å². The van der Waals surface area contributed by atoms with Gasteiger partial charge in [0.2, 0.25) is 0 Å². The predicted molar refractivity (Wildman–Crippen MR) is 31.8 cm³/mol. The summed E-state index contributed by atoms with van der Waals surface area (Å²) in [7, 11) is 0. The summed E-state index contributed by atoms with van der Waals surface area (Å²) in [5.41, 5.74) is 0.809. The summed E-state index contributed by atoms with van der Waals surface area (Å²) in [4.78, 5) is 0.778. The molecule has 1 aromatic heterocycles. The van der Waals surface area contributed by atoms with Crippen molar-refractivity contribution in [3.8, 4) is 0 Å². The van der Waals surface area contributed by atoms with Gasteiger partial charge in [0.1, 0.15) is 0 Å². The maximum Gasteiger partial charge on any atom is 0.0767 e. The van der Waals surface area contributed by atoms with Crippen LogP contribution in [0.3, 0.4) is 0 Å². The molecule has 1 rings (SSSR count). The van der Waals surface area contributed by atoms with E-state index in [4.69, 9.17) is 0 Å². The van der Waals surface area contributed by atoms with Crippen molar-refractivity contribution in [3.63, 3.8) is 0 Å². The van der Waals surface area contributed by atoms with E-state index in [1.54, 1.807) is 6.20 Å². The Kier molecular flexibility index (Phi) is 1.43. The Bertz CT molecular complexity index is 167. The summed E-state index contributed by atoms with van der Waals surface area (Å²) in [6.45, 7) is 1.83. The third-order valence-electron chi connectivity index (χ3n) is 0.797. The first kappa shape index (κ1) is 5.50. The quantitative estimate of drug-likeness (QED) is 0.515. The van der Waals surface area contributed by atoms with Crippen LogP contribution >= 0.6 is 12.6 Å². The molecule has 0 aliphatic heterocycles. The molecule has 0 aromatic carbocycles. The summed E-state index contributed by atoms with van der Waals surface area (Å²) in [5, 5.41) is 10.5. The Morgan fingerprint density at radius 3 is 2.75 bits per heavy atom. The molecule has 0 saturated carbocycles. The highest BCUT2D eigenvalue weighted by Crippen LogP contribution is 2.03. The standard InChI is InChI=1S/C4H5N3S/c1-3-4(8)2-5-7-6-3/h2H,1H3,(H,7,8). The highest BCUT2D eigenvalue weighted by molar-refractivity contribution is 7.80. The average Bonchev–Trinajstić information content (AvgIpc) is 1.77. The number of rotatable bonds is 0. The zero-order chi connectivity index (χ0) is 5.98. The van der Waals surface area contributed by atoms with Crippen molar-refractivity contribution in [1.82, 2.24) is 15.4 Å². The minimum Gasteiger partial charge on any atom is -0.140 e. The van der Waals surface area contributed by atoms with Crippen LogP contribution in [0.5, 0.6) is 0 Å². The molecule has 0 unspecified atom stereocenters. The molecule has 0 aliphatic carbocycles. The van der Waals surface area contributed by atoms with E-state index >= 15 is 0 Å². The molecule has 0 spiro atoms. The molecule has 0 atom stereocenters. The second-order valence-corrected chi connectivity index (χ2v) is 1.89. The van der Waals surface area contributed by atoms with Crippen molar-refractivity contribution >= 4 is 12.6 Å². The molecule has 8 heavy (non-hydrogen) atoms. The van der Waals surface area contributed by atoms with Gasteiger partial charge in [0.05, 0.1) is 11.9 Å². The van der Waals surface area contributed by atoms with Gasteiger partial charge in [-0.1, -0.05) is 0 Å². The molecule has 0 fully saturated rings. The van der Waals surface area contributed by atoms with Crippen LogP contribution in [0.4, 0.5) is 0 Å². The Morgan fingerprint density at radius 1 is 1.62 bits per heavy atom. The fraction of sp³-hybridized carbons (Fsp3) is 0.250. The summed E-state index contributed by atoms with van der Waals surface area (Å²) < 4.78 is 0. The fourth-order valence-corrected chi connectivity index (χ4v) is 0.414. The number of aromatic nitrogens is 3. The third-order valence-corrected chi connectivity index (χ3v) is 1.24.